The Labute approximate surface area is 86.5 Å². The Kier molecular flexibility index (Phi) is 5.46. The molecule has 1 unspecified atom stereocenters. The standard InChI is InChI=1S/C11H21NO2/c1-6-10(13)14-8-9(12-7-2)11(3,4)5/h6,9,12H,1,7-8H2,2-5H3. The highest BCUT2D eigenvalue weighted by Crippen LogP contribution is 2.19. The number of likely N-dealkylation sites (N-methyl/N-ethyl adjacent to an activating group) is 1. The van der Waals surface area contributed by atoms with Crippen molar-refractivity contribution >= 4 is 5.97 Å². The number of rotatable bonds is 5. The molecule has 14 heavy (non-hydrogen) atoms. The van der Waals surface area contributed by atoms with Gasteiger partial charge in [0.25, 0.3) is 0 Å². The lowest BCUT2D eigenvalue weighted by atomic mass is 9.87. The van der Waals surface area contributed by atoms with Gasteiger partial charge in [0, 0.05) is 12.1 Å². The van der Waals surface area contributed by atoms with E-state index in [1.54, 1.807) is 0 Å². The van der Waals surface area contributed by atoms with Gasteiger partial charge in [0.1, 0.15) is 6.61 Å². The Morgan fingerprint density at radius 3 is 2.50 bits per heavy atom. The molecule has 0 saturated heterocycles. The van der Waals surface area contributed by atoms with Gasteiger partial charge in [-0.3, -0.25) is 0 Å². The van der Waals surface area contributed by atoms with E-state index in [1.807, 2.05) is 6.92 Å². The molecule has 0 aliphatic rings. The highest BCUT2D eigenvalue weighted by Gasteiger charge is 2.24. The fraction of sp³-hybridized carbons (Fsp3) is 0.727. The summed E-state index contributed by atoms with van der Waals surface area (Å²) >= 11 is 0. The summed E-state index contributed by atoms with van der Waals surface area (Å²) in [5.41, 5.74) is 0.0808. The van der Waals surface area contributed by atoms with E-state index in [4.69, 9.17) is 4.74 Å². The maximum Gasteiger partial charge on any atom is 0.330 e. The normalized spacial score (nSPS) is 13.4. The monoisotopic (exact) mass is 199 g/mol. The third-order valence-electron chi connectivity index (χ3n) is 2.05. The van der Waals surface area contributed by atoms with Crippen LogP contribution in [0.2, 0.25) is 0 Å². The van der Waals surface area contributed by atoms with Crippen molar-refractivity contribution in [1.82, 2.24) is 5.32 Å². The lowest BCUT2D eigenvalue weighted by Gasteiger charge is -2.30. The molecule has 0 aliphatic carbocycles. The molecule has 82 valence electrons. The Morgan fingerprint density at radius 2 is 2.14 bits per heavy atom. The van der Waals surface area contributed by atoms with Crippen LogP contribution in [0.5, 0.6) is 0 Å². The molecule has 0 aromatic heterocycles. The van der Waals surface area contributed by atoms with Crippen molar-refractivity contribution in [2.24, 2.45) is 5.41 Å². The van der Waals surface area contributed by atoms with Gasteiger partial charge in [0.2, 0.25) is 0 Å². The second-order valence-electron chi connectivity index (χ2n) is 4.31. The average molecular weight is 199 g/mol. The Morgan fingerprint density at radius 1 is 1.57 bits per heavy atom. The first-order valence-electron chi connectivity index (χ1n) is 4.94. The van der Waals surface area contributed by atoms with Crippen LogP contribution in [0, 0.1) is 5.41 Å². The first-order valence-corrected chi connectivity index (χ1v) is 4.94. The molecule has 3 heteroatoms. The Bertz CT molecular complexity index is 194. The van der Waals surface area contributed by atoms with Gasteiger partial charge in [-0.1, -0.05) is 34.3 Å². The van der Waals surface area contributed by atoms with Crippen molar-refractivity contribution in [3.8, 4) is 0 Å². The van der Waals surface area contributed by atoms with Gasteiger partial charge in [-0.2, -0.15) is 0 Å². The minimum atomic E-state index is -0.364. The number of esters is 1. The second-order valence-corrected chi connectivity index (χ2v) is 4.31. The van der Waals surface area contributed by atoms with Crippen LogP contribution in [0.3, 0.4) is 0 Å². The first-order chi connectivity index (χ1) is 6.41. The number of ether oxygens (including phenoxy) is 1. The minimum absolute atomic E-state index is 0.0808. The van der Waals surface area contributed by atoms with E-state index in [9.17, 15) is 4.79 Å². The molecule has 1 N–H and O–H groups in total. The van der Waals surface area contributed by atoms with E-state index in [0.717, 1.165) is 6.54 Å². The van der Waals surface area contributed by atoms with Gasteiger partial charge >= 0.3 is 5.97 Å². The van der Waals surface area contributed by atoms with Crippen LogP contribution in [0.1, 0.15) is 27.7 Å². The maximum atomic E-state index is 10.9. The van der Waals surface area contributed by atoms with Crippen molar-refractivity contribution < 1.29 is 9.53 Å². The van der Waals surface area contributed by atoms with E-state index in [2.05, 4.69) is 32.7 Å². The average Bonchev–Trinajstić information content (AvgIpc) is 2.09. The van der Waals surface area contributed by atoms with Crippen LogP contribution in [0.25, 0.3) is 0 Å². The SMILES string of the molecule is C=CC(=O)OCC(NCC)C(C)(C)C. The van der Waals surface area contributed by atoms with Gasteiger partial charge in [0.15, 0.2) is 0 Å². The molecule has 0 saturated carbocycles. The zero-order valence-corrected chi connectivity index (χ0v) is 9.59. The van der Waals surface area contributed by atoms with Crippen molar-refractivity contribution in [3.05, 3.63) is 12.7 Å². The van der Waals surface area contributed by atoms with E-state index in [1.165, 1.54) is 6.08 Å². The van der Waals surface area contributed by atoms with Crippen molar-refractivity contribution in [2.45, 2.75) is 33.7 Å². The summed E-state index contributed by atoms with van der Waals surface area (Å²) in [6.07, 6.45) is 1.19. The summed E-state index contributed by atoms with van der Waals surface area (Å²) in [6, 6.07) is 0.177. The molecule has 0 amide bonds. The fourth-order valence-electron chi connectivity index (χ4n) is 1.09. The summed E-state index contributed by atoms with van der Waals surface area (Å²) in [5.74, 6) is -0.364. The summed E-state index contributed by atoms with van der Waals surface area (Å²) in [4.78, 5) is 10.9. The molecule has 0 bridgehead atoms. The highest BCUT2D eigenvalue weighted by molar-refractivity contribution is 5.81. The molecule has 0 spiro atoms. The maximum absolute atomic E-state index is 10.9. The number of hydrogen-bond donors (Lipinski definition) is 1. The minimum Gasteiger partial charge on any atom is -0.461 e. The number of hydrogen-bond acceptors (Lipinski definition) is 3. The molecule has 0 fully saturated rings. The molecule has 0 heterocycles. The van der Waals surface area contributed by atoms with E-state index in [-0.39, 0.29) is 17.4 Å². The van der Waals surface area contributed by atoms with Crippen LogP contribution >= 0.6 is 0 Å². The van der Waals surface area contributed by atoms with Gasteiger partial charge in [-0.15, -0.1) is 0 Å². The molecule has 3 nitrogen and oxygen atoms in total. The highest BCUT2D eigenvalue weighted by atomic mass is 16.5. The molecule has 0 radical (unpaired) electrons. The molecule has 0 aliphatic heterocycles. The molecule has 0 rings (SSSR count). The van der Waals surface area contributed by atoms with Crippen LogP contribution in [0.15, 0.2) is 12.7 Å². The second kappa shape index (κ2) is 5.81. The molecule has 1 atom stereocenters. The topological polar surface area (TPSA) is 38.3 Å². The first kappa shape index (κ1) is 13.2. The predicted octanol–water partition coefficient (Wildman–Crippen LogP) is 1.74. The summed E-state index contributed by atoms with van der Waals surface area (Å²) in [7, 11) is 0. The lowest BCUT2D eigenvalue weighted by molar-refractivity contribution is -0.139. The summed E-state index contributed by atoms with van der Waals surface area (Å²) < 4.78 is 5.01. The Balaban J connectivity index is 4.10. The van der Waals surface area contributed by atoms with Gasteiger partial charge in [-0.05, 0) is 12.0 Å². The van der Waals surface area contributed by atoms with Crippen LogP contribution < -0.4 is 5.32 Å². The smallest absolute Gasteiger partial charge is 0.330 e. The summed E-state index contributed by atoms with van der Waals surface area (Å²) in [6.45, 7) is 13.0. The number of carbonyl (C=O) groups excluding carboxylic acids is 1. The number of nitrogens with one attached hydrogen (secondary N) is 1. The molecule has 0 aromatic carbocycles. The zero-order chi connectivity index (χ0) is 11.2. The fourth-order valence-corrected chi connectivity index (χ4v) is 1.09. The molecular weight excluding hydrogens is 178 g/mol. The van der Waals surface area contributed by atoms with Crippen LogP contribution in [-0.4, -0.2) is 25.2 Å². The van der Waals surface area contributed by atoms with Crippen molar-refractivity contribution in [3.63, 3.8) is 0 Å². The van der Waals surface area contributed by atoms with Crippen LogP contribution in [-0.2, 0) is 9.53 Å². The van der Waals surface area contributed by atoms with Crippen molar-refractivity contribution in [2.75, 3.05) is 13.2 Å². The predicted molar refractivity (Wildman–Crippen MR) is 58.1 cm³/mol. The molecule has 0 aromatic rings. The Hall–Kier alpha value is -0.830. The van der Waals surface area contributed by atoms with Crippen LogP contribution in [0.4, 0.5) is 0 Å². The van der Waals surface area contributed by atoms with Gasteiger partial charge in [0.05, 0.1) is 0 Å². The van der Waals surface area contributed by atoms with Gasteiger partial charge < -0.3 is 10.1 Å². The largest absolute Gasteiger partial charge is 0.461 e. The zero-order valence-electron chi connectivity index (χ0n) is 9.59. The summed E-state index contributed by atoms with van der Waals surface area (Å²) in [5, 5.41) is 3.29. The lowest BCUT2D eigenvalue weighted by Crippen LogP contribution is -2.44. The van der Waals surface area contributed by atoms with Gasteiger partial charge in [-0.25, -0.2) is 4.79 Å². The molecular formula is C11H21NO2. The third kappa shape index (κ3) is 5.02. The number of carbonyl (C=O) groups is 1. The third-order valence-corrected chi connectivity index (χ3v) is 2.05. The quantitative estimate of drug-likeness (QED) is 0.541. The van der Waals surface area contributed by atoms with Crippen molar-refractivity contribution in [1.29, 1.82) is 0 Å². The van der Waals surface area contributed by atoms with E-state index in [0.29, 0.717) is 6.61 Å². The van der Waals surface area contributed by atoms with E-state index >= 15 is 0 Å². The van der Waals surface area contributed by atoms with E-state index < -0.39 is 0 Å².